The Kier molecular flexibility index (Phi) is 9.84. The van der Waals surface area contributed by atoms with Gasteiger partial charge in [-0.25, -0.2) is 8.42 Å². The molecule has 3 aromatic rings. The topological polar surface area (TPSA) is 86.8 Å². The first-order chi connectivity index (χ1) is 17.5. The predicted octanol–water partition coefficient (Wildman–Crippen LogP) is 4.80. The van der Waals surface area contributed by atoms with Crippen molar-refractivity contribution in [3.63, 3.8) is 0 Å². The summed E-state index contributed by atoms with van der Waals surface area (Å²) in [6.07, 6.45) is 1.20. The quantitative estimate of drug-likeness (QED) is 0.372. The fraction of sp³-hybridized carbons (Fsp3) is 0.231. The molecule has 3 rings (SSSR count). The first kappa shape index (κ1) is 28.8. The van der Waals surface area contributed by atoms with Crippen LogP contribution in [0.3, 0.4) is 0 Å². The number of hydrogen-bond donors (Lipinski definition) is 1. The molecule has 7 nitrogen and oxygen atoms in total. The standard InChI is InChI=1S/C26H26Cl3N3O4S/c1-30-26(34)24(14-18-8-4-3-5-9-18)31(16-19-10-6-7-11-21(19)27)25(33)17-32(37(2,35)36)20-12-13-22(28)23(29)15-20/h3-13,15,24H,14,16-17H2,1-2H3,(H,30,34)/t24-/m0/s1. The van der Waals surface area contributed by atoms with E-state index in [-0.39, 0.29) is 28.7 Å². The van der Waals surface area contributed by atoms with Crippen molar-refractivity contribution in [3.05, 3.63) is 99.0 Å². The molecule has 3 aromatic carbocycles. The number of carbonyl (C=O) groups excluding carboxylic acids is 2. The van der Waals surface area contributed by atoms with Gasteiger partial charge in [0.15, 0.2) is 0 Å². The minimum absolute atomic E-state index is 0.0115. The average molecular weight is 583 g/mol. The van der Waals surface area contributed by atoms with E-state index in [9.17, 15) is 18.0 Å². The lowest BCUT2D eigenvalue weighted by molar-refractivity contribution is -0.139. The molecule has 0 bridgehead atoms. The summed E-state index contributed by atoms with van der Waals surface area (Å²) in [7, 11) is -2.43. The van der Waals surface area contributed by atoms with Crippen molar-refractivity contribution in [3.8, 4) is 0 Å². The van der Waals surface area contributed by atoms with E-state index in [0.29, 0.717) is 10.6 Å². The van der Waals surface area contributed by atoms with E-state index in [0.717, 1.165) is 16.1 Å². The van der Waals surface area contributed by atoms with Crippen LogP contribution in [0.25, 0.3) is 0 Å². The normalized spacial score (nSPS) is 12.0. The number of halogens is 3. The van der Waals surface area contributed by atoms with Crippen molar-refractivity contribution < 1.29 is 18.0 Å². The molecule has 0 aliphatic carbocycles. The van der Waals surface area contributed by atoms with Crippen LogP contribution in [0.4, 0.5) is 5.69 Å². The number of likely N-dealkylation sites (N-methyl/N-ethyl adjacent to an activating group) is 1. The molecular weight excluding hydrogens is 557 g/mol. The molecule has 2 amide bonds. The maximum absolute atomic E-state index is 13.8. The zero-order chi connectivity index (χ0) is 27.2. The largest absolute Gasteiger partial charge is 0.357 e. The molecule has 0 aliphatic heterocycles. The lowest BCUT2D eigenvalue weighted by Gasteiger charge is -2.33. The Morgan fingerprint density at radius 3 is 2.14 bits per heavy atom. The third-order valence-electron chi connectivity index (χ3n) is 5.69. The minimum atomic E-state index is -3.91. The van der Waals surface area contributed by atoms with Gasteiger partial charge in [0, 0.05) is 25.0 Å². The van der Waals surface area contributed by atoms with Crippen molar-refractivity contribution in [2.24, 2.45) is 0 Å². The van der Waals surface area contributed by atoms with E-state index in [1.54, 1.807) is 24.3 Å². The summed E-state index contributed by atoms with van der Waals surface area (Å²) in [5.41, 5.74) is 1.61. The van der Waals surface area contributed by atoms with Gasteiger partial charge in [0.1, 0.15) is 12.6 Å². The van der Waals surface area contributed by atoms with E-state index in [1.807, 2.05) is 30.3 Å². The summed E-state index contributed by atoms with van der Waals surface area (Å²) in [6, 6.07) is 19.5. The van der Waals surface area contributed by atoms with Gasteiger partial charge in [-0.3, -0.25) is 13.9 Å². The summed E-state index contributed by atoms with van der Waals surface area (Å²) in [4.78, 5) is 28.3. The molecule has 0 radical (unpaired) electrons. The van der Waals surface area contributed by atoms with Crippen LogP contribution in [0, 0.1) is 0 Å². The second kappa shape index (κ2) is 12.6. The smallest absolute Gasteiger partial charge is 0.244 e. The number of rotatable bonds is 10. The van der Waals surface area contributed by atoms with Crippen LogP contribution in [-0.4, -0.2) is 51.0 Å². The zero-order valence-corrected chi connectivity index (χ0v) is 23.3. The maximum atomic E-state index is 13.8. The molecule has 196 valence electrons. The van der Waals surface area contributed by atoms with Crippen molar-refractivity contribution in [2.45, 2.75) is 19.0 Å². The summed E-state index contributed by atoms with van der Waals surface area (Å²) in [5.74, 6) is -0.995. The highest BCUT2D eigenvalue weighted by Gasteiger charge is 2.33. The molecule has 11 heteroatoms. The van der Waals surface area contributed by atoms with Gasteiger partial charge in [-0.2, -0.15) is 0 Å². The van der Waals surface area contributed by atoms with Crippen LogP contribution in [0.1, 0.15) is 11.1 Å². The van der Waals surface area contributed by atoms with Gasteiger partial charge in [-0.15, -0.1) is 0 Å². The highest BCUT2D eigenvalue weighted by atomic mass is 35.5. The Balaban J connectivity index is 2.05. The molecule has 0 saturated carbocycles. The van der Waals surface area contributed by atoms with E-state index < -0.39 is 34.4 Å². The van der Waals surface area contributed by atoms with Crippen LogP contribution < -0.4 is 9.62 Å². The first-order valence-corrected chi connectivity index (χ1v) is 14.2. The van der Waals surface area contributed by atoms with Gasteiger partial charge in [-0.1, -0.05) is 83.3 Å². The molecule has 0 fully saturated rings. The van der Waals surface area contributed by atoms with Gasteiger partial charge in [0.25, 0.3) is 0 Å². The monoisotopic (exact) mass is 581 g/mol. The molecule has 1 N–H and O–H groups in total. The lowest BCUT2D eigenvalue weighted by atomic mass is 10.0. The van der Waals surface area contributed by atoms with Gasteiger partial charge < -0.3 is 10.2 Å². The number of hydrogen-bond acceptors (Lipinski definition) is 4. The average Bonchev–Trinajstić information content (AvgIpc) is 2.86. The number of amides is 2. The molecule has 0 unspecified atom stereocenters. The van der Waals surface area contributed by atoms with E-state index >= 15 is 0 Å². The van der Waals surface area contributed by atoms with Crippen LogP contribution in [0.2, 0.25) is 15.1 Å². The Bertz CT molecular complexity index is 1370. The van der Waals surface area contributed by atoms with E-state index in [1.165, 1.54) is 30.1 Å². The number of sulfonamides is 1. The number of nitrogens with zero attached hydrogens (tertiary/aromatic N) is 2. The third-order valence-corrected chi connectivity index (χ3v) is 7.93. The van der Waals surface area contributed by atoms with Gasteiger partial charge >= 0.3 is 0 Å². The highest BCUT2D eigenvalue weighted by Crippen LogP contribution is 2.29. The highest BCUT2D eigenvalue weighted by molar-refractivity contribution is 7.92. The summed E-state index contributed by atoms with van der Waals surface area (Å²) >= 11 is 18.5. The Hall–Kier alpha value is -2.78. The Morgan fingerprint density at radius 1 is 0.892 bits per heavy atom. The fourth-order valence-corrected chi connectivity index (χ4v) is 5.11. The number of nitrogens with one attached hydrogen (secondary N) is 1. The Morgan fingerprint density at radius 2 is 1.54 bits per heavy atom. The molecule has 0 aromatic heterocycles. The molecule has 1 atom stereocenters. The lowest BCUT2D eigenvalue weighted by Crippen LogP contribution is -2.52. The predicted molar refractivity (Wildman–Crippen MR) is 149 cm³/mol. The number of carbonyl (C=O) groups is 2. The first-order valence-electron chi connectivity index (χ1n) is 11.2. The second-order valence-corrected chi connectivity index (χ2v) is 11.4. The molecule has 0 saturated heterocycles. The summed E-state index contributed by atoms with van der Waals surface area (Å²) < 4.78 is 26.4. The van der Waals surface area contributed by atoms with Crippen LogP contribution in [0.5, 0.6) is 0 Å². The van der Waals surface area contributed by atoms with Crippen LogP contribution >= 0.6 is 34.8 Å². The molecule has 0 aliphatic rings. The van der Waals surface area contributed by atoms with Gasteiger partial charge in [0.2, 0.25) is 21.8 Å². The van der Waals surface area contributed by atoms with E-state index in [2.05, 4.69) is 5.32 Å². The molecule has 37 heavy (non-hydrogen) atoms. The molecule has 0 heterocycles. The zero-order valence-electron chi connectivity index (χ0n) is 20.2. The third kappa shape index (κ3) is 7.61. The summed E-state index contributed by atoms with van der Waals surface area (Å²) in [5, 5.41) is 3.42. The molecule has 0 spiro atoms. The fourth-order valence-electron chi connectivity index (χ4n) is 3.78. The SMILES string of the molecule is CNC(=O)[C@H](Cc1ccccc1)N(Cc1ccccc1Cl)C(=O)CN(c1ccc(Cl)c(Cl)c1)S(C)(=O)=O. The number of anilines is 1. The van der Waals surface area contributed by atoms with Gasteiger partial charge in [-0.05, 0) is 35.4 Å². The van der Waals surface area contributed by atoms with Crippen LogP contribution in [-0.2, 0) is 32.6 Å². The molecular formula is C26H26Cl3N3O4S. The Labute approximate surface area is 232 Å². The van der Waals surface area contributed by atoms with Gasteiger partial charge in [0.05, 0.1) is 22.0 Å². The van der Waals surface area contributed by atoms with E-state index in [4.69, 9.17) is 34.8 Å². The second-order valence-electron chi connectivity index (χ2n) is 8.30. The van der Waals surface area contributed by atoms with Crippen molar-refractivity contribution in [1.29, 1.82) is 0 Å². The minimum Gasteiger partial charge on any atom is -0.357 e. The summed E-state index contributed by atoms with van der Waals surface area (Å²) in [6.45, 7) is -0.577. The van der Waals surface area contributed by atoms with Crippen LogP contribution in [0.15, 0.2) is 72.8 Å². The maximum Gasteiger partial charge on any atom is 0.244 e. The van der Waals surface area contributed by atoms with Crippen molar-refractivity contribution in [1.82, 2.24) is 10.2 Å². The van der Waals surface area contributed by atoms with Crippen molar-refractivity contribution >= 4 is 62.3 Å². The van der Waals surface area contributed by atoms with Crippen molar-refractivity contribution in [2.75, 3.05) is 24.2 Å². The number of benzene rings is 3.